The maximum atomic E-state index is 11.6. The summed E-state index contributed by atoms with van der Waals surface area (Å²) in [6, 6.07) is -1.26. The monoisotopic (exact) mass is 484 g/mol. The van der Waals surface area contributed by atoms with Crippen molar-refractivity contribution in [2.45, 2.75) is 38.6 Å². The first-order valence-corrected chi connectivity index (χ1v) is 10.3. The number of nitrogens with zero attached hydrogens (tertiary/aromatic N) is 3. The largest absolute Gasteiger partial charge is 1.00 e. The van der Waals surface area contributed by atoms with Crippen molar-refractivity contribution >= 4 is 29.8 Å². The molecule has 0 saturated heterocycles. The van der Waals surface area contributed by atoms with Gasteiger partial charge in [0.1, 0.15) is 0 Å². The van der Waals surface area contributed by atoms with Gasteiger partial charge in [-0.3, -0.25) is 33.9 Å². The van der Waals surface area contributed by atoms with E-state index in [1.165, 1.54) is 9.80 Å². The van der Waals surface area contributed by atoms with E-state index in [0.717, 1.165) is 17.7 Å². The van der Waals surface area contributed by atoms with Crippen molar-refractivity contribution < 1.29 is 74.0 Å². The van der Waals surface area contributed by atoms with Gasteiger partial charge < -0.3 is 31.0 Å². The van der Waals surface area contributed by atoms with Crippen LogP contribution in [0.5, 0.6) is 0 Å². The second kappa shape index (κ2) is 18.6. The molecule has 33 heavy (non-hydrogen) atoms. The smallest absolute Gasteiger partial charge is 0.548 e. The van der Waals surface area contributed by atoms with Crippen LogP contribution in [0.15, 0.2) is 0 Å². The zero-order valence-corrected chi connectivity index (χ0v) is 21.3. The number of unbranched alkanes of at least 4 members (excludes halogenated alkanes) is 2. The molecule has 0 aromatic heterocycles. The number of carbonyl (C=O) groups excluding carboxylic acids is 2. The van der Waals surface area contributed by atoms with E-state index in [1.54, 1.807) is 0 Å². The Morgan fingerprint density at radius 3 is 1.67 bits per heavy atom. The van der Waals surface area contributed by atoms with Crippen molar-refractivity contribution in [2.24, 2.45) is 5.73 Å². The standard InChI is InChI=1S/C19H34N4O9.Na/c1-2-3-4-5-23(14(19(31)32)10-15(20)24)9-8-21(11-16(25)26)6-7-22(12-17(27)28)13-18(29)30;/h14H,2-13H2,1H3,(H2,20,24)(H,25,26)(H,27,28)(H,29,30)(H,31,32);/q;+1/p-1. The maximum Gasteiger partial charge on any atom is 1.00 e. The Morgan fingerprint density at radius 1 is 0.788 bits per heavy atom. The summed E-state index contributed by atoms with van der Waals surface area (Å²) in [4.78, 5) is 60.1. The predicted molar refractivity (Wildman–Crippen MR) is 109 cm³/mol. The maximum absolute atomic E-state index is 11.6. The van der Waals surface area contributed by atoms with Gasteiger partial charge in [-0.15, -0.1) is 0 Å². The average Bonchev–Trinajstić information content (AvgIpc) is 2.65. The molecule has 1 unspecified atom stereocenters. The van der Waals surface area contributed by atoms with E-state index < -0.39 is 61.9 Å². The van der Waals surface area contributed by atoms with Gasteiger partial charge in [-0.25, -0.2) is 0 Å². The Bertz CT molecular complexity index is 635. The topological polar surface area (TPSA) is 205 Å². The molecular formula is C19H33N4NaO9. The molecule has 0 saturated carbocycles. The van der Waals surface area contributed by atoms with Gasteiger partial charge in [-0.2, -0.15) is 0 Å². The van der Waals surface area contributed by atoms with Crippen molar-refractivity contribution in [2.75, 3.05) is 52.4 Å². The third-order valence-electron chi connectivity index (χ3n) is 4.67. The van der Waals surface area contributed by atoms with Crippen LogP contribution in [0.1, 0.15) is 32.6 Å². The van der Waals surface area contributed by atoms with Gasteiger partial charge in [-0.1, -0.05) is 19.8 Å². The number of carboxylic acids is 4. The third kappa shape index (κ3) is 17.4. The molecule has 0 aromatic rings. The summed E-state index contributed by atoms with van der Waals surface area (Å²) in [7, 11) is 0. The SMILES string of the molecule is CCCCCN(CCN(CCN(CC(=O)O)CC(=O)O)CC(=O)O)C(CC(N)=O)C(=O)[O-].[Na+]. The van der Waals surface area contributed by atoms with Crippen molar-refractivity contribution in [3.05, 3.63) is 0 Å². The number of carbonyl (C=O) groups is 5. The molecule has 184 valence electrons. The van der Waals surface area contributed by atoms with Crippen LogP contribution >= 0.6 is 0 Å². The summed E-state index contributed by atoms with van der Waals surface area (Å²) in [5.74, 6) is -5.86. The average molecular weight is 484 g/mol. The molecule has 0 aliphatic heterocycles. The fraction of sp³-hybridized carbons (Fsp3) is 0.737. The normalized spacial score (nSPS) is 11.9. The van der Waals surface area contributed by atoms with E-state index >= 15 is 0 Å². The molecule has 0 radical (unpaired) electrons. The minimum Gasteiger partial charge on any atom is -0.548 e. The van der Waals surface area contributed by atoms with E-state index in [2.05, 4.69) is 0 Å². The first kappa shape index (κ1) is 33.4. The van der Waals surface area contributed by atoms with Crippen LogP contribution in [0.3, 0.4) is 0 Å². The van der Waals surface area contributed by atoms with E-state index in [0.29, 0.717) is 13.0 Å². The fourth-order valence-electron chi connectivity index (χ4n) is 3.15. The van der Waals surface area contributed by atoms with Gasteiger partial charge in [0.2, 0.25) is 5.91 Å². The molecule has 5 N–H and O–H groups in total. The molecule has 0 aliphatic carbocycles. The summed E-state index contributed by atoms with van der Waals surface area (Å²) < 4.78 is 0. The molecule has 0 spiro atoms. The third-order valence-corrected chi connectivity index (χ3v) is 4.67. The molecule has 13 nitrogen and oxygen atoms in total. The van der Waals surface area contributed by atoms with Crippen molar-refractivity contribution in [1.29, 1.82) is 0 Å². The van der Waals surface area contributed by atoms with Gasteiger partial charge in [0.15, 0.2) is 0 Å². The Balaban J connectivity index is 0. The molecule has 0 bridgehead atoms. The Morgan fingerprint density at radius 2 is 1.24 bits per heavy atom. The van der Waals surface area contributed by atoms with Crippen molar-refractivity contribution in [1.82, 2.24) is 14.7 Å². The number of hydrogen-bond acceptors (Lipinski definition) is 9. The van der Waals surface area contributed by atoms with E-state index in [-0.39, 0.29) is 55.7 Å². The van der Waals surface area contributed by atoms with Crippen LogP contribution in [0.2, 0.25) is 0 Å². The van der Waals surface area contributed by atoms with E-state index in [4.69, 9.17) is 15.9 Å². The number of rotatable bonds is 20. The van der Waals surface area contributed by atoms with E-state index in [9.17, 15) is 34.2 Å². The number of hydrogen-bond donors (Lipinski definition) is 4. The molecule has 0 aliphatic rings. The quantitative estimate of drug-likeness (QED) is 0.0943. The second-order valence-corrected chi connectivity index (χ2v) is 7.42. The molecule has 0 heterocycles. The minimum atomic E-state index is -1.46. The number of aliphatic carboxylic acids is 4. The van der Waals surface area contributed by atoms with Gasteiger partial charge in [0, 0.05) is 32.6 Å². The molecule has 14 heteroatoms. The first-order valence-electron chi connectivity index (χ1n) is 10.3. The van der Waals surface area contributed by atoms with Crippen LogP contribution in [0, 0.1) is 0 Å². The van der Waals surface area contributed by atoms with Crippen molar-refractivity contribution in [3.8, 4) is 0 Å². The molecule has 1 atom stereocenters. The minimum absolute atomic E-state index is 0. The number of nitrogens with two attached hydrogens (primary N) is 1. The van der Waals surface area contributed by atoms with Crippen LogP contribution in [0.4, 0.5) is 0 Å². The zero-order valence-electron chi connectivity index (χ0n) is 19.3. The Labute approximate surface area is 214 Å². The number of amides is 1. The molecular weight excluding hydrogens is 451 g/mol. The van der Waals surface area contributed by atoms with Gasteiger partial charge in [-0.05, 0) is 13.0 Å². The molecule has 0 aromatic carbocycles. The zero-order chi connectivity index (χ0) is 24.7. The predicted octanol–water partition coefficient (Wildman–Crippen LogP) is -5.67. The van der Waals surface area contributed by atoms with Gasteiger partial charge in [0.25, 0.3) is 0 Å². The Hall–Kier alpha value is -1.77. The summed E-state index contributed by atoms with van der Waals surface area (Å²) in [5, 5.41) is 38.6. The number of carboxylic acid groups (broad SMARTS) is 4. The van der Waals surface area contributed by atoms with Gasteiger partial charge >= 0.3 is 47.5 Å². The summed E-state index contributed by atoms with van der Waals surface area (Å²) in [6.07, 6.45) is 1.92. The summed E-state index contributed by atoms with van der Waals surface area (Å²) in [5.41, 5.74) is 5.16. The van der Waals surface area contributed by atoms with Crippen LogP contribution in [0.25, 0.3) is 0 Å². The molecule has 1 amide bonds. The second-order valence-electron chi connectivity index (χ2n) is 7.42. The van der Waals surface area contributed by atoms with Crippen LogP contribution in [-0.2, 0) is 24.0 Å². The van der Waals surface area contributed by atoms with Gasteiger partial charge in [0.05, 0.1) is 31.6 Å². The first-order chi connectivity index (χ1) is 15.0. The summed E-state index contributed by atoms with van der Waals surface area (Å²) >= 11 is 0. The van der Waals surface area contributed by atoms with Crippen LogP contribution in [-0.4, -0.2) is 118 Å². The number of primary amides is 1. The summed E-state index contributed by atoms with van der Waals surface area (Å²) in [6.45, 7) is 1.06. The molecule has 0 fully saturated rings. The molecule has 0 rings (SSSR count). The van der Waals surface area contributed by atoms with Crippen LogP contribution < -0.4 is 40.4 Å². The van der Waals surface area contributed by atoms with Crippen molar-refractivity contribution in [3.63, 3.8) is 0 Å². The van der Waals surface area contributed by atoms with E-state index in [1.807, 2.05) is 6.92 Å². The fourth-order valence-corrected chi connectivity index (χ4v) is 3.15. The Kier molecular flexibility index (Phi) is 18.9.